The van der Waals surface area contributed by atoms with Crippen molar-refractivity contribution in [2.75, 3.05) is 31.6 Å². The molecule has 0 bridgehead atoms. The Morgan fingerprint density at radius 1 is 1.25 bits per heavy atom. The maximum absolute atomic E-state index is 11.7. The van der Waals surface area contributed by atoms with Crippen molar-refractivity contribution in [1.82, 2.24) is 10.2 Å². The molecule has 156 valence electrons. The van der Waals surface area contributed by atoms with Gasteiger partial charge in [-0.05, 0) is 43.9 Å². The molecular weight excluding hydrogens is 473 g/mol. The second-order valence-electron chi connectivity index (χ2n) is 6.50. The van der Waals surface area contributed by atoms with Crippen LogP contribution in [-0.2, 0) is 16.0 Å². The zero-order valence-corrected chi connectivity index (χ0v) is 18.8. The highest BCUT2D eigenvalue weighted by atomic mass is 127. The second kappa shape index (κ2) is 12.4. The average molecular weight is 503 g/mol. The van der Waals surface area contributed by atoms with E-state index in [1.165, 1.54) is 6.92 Å². The van der Waals surface area contributed by atoms with Crippen LogP contribution in [0.1, 0.15) is 32.3 Å². The van der Waals surface area contributed by atoms with Crippen LogP contribution in [0.15, 0.2) is 29.3 Å². The largest absolute Gasteiger partial charge is 0.450 e. The van der Waals surface area contributed by atoms with Gasteiger partial charge in [0.05, 0.1) is 6.61 Å². The van der Waals surface area contributed by atoms with E-state index >= 15 is 0 Å². The number of nitrogens with two attached hydrogens (primary N) is 1. The molecule has 1 fully saturated rings. The lowest BCUT2D eigenvalue weighted by atomic mass is 10.1. The number of carbonyl (C=O) groups is 2. The summed E-state index contributed by atoms with van der Waals surface area (Å²) in [6.45, 7) is 5.58. The van der Waals surface area contributed by atoms with Crippen LogP contribution in [0, 0.1) is 0 Å². The molecule has 2 amide bonds. The number of anilines is 1. The third kappa shape index (κ3) is 8.32. The van der Waals surface area contributed by atoms with E-state index in [2.05, 4.69) is 15.6 Å². The summed E-state index contributed by atoms with van der Waals surface area (Å²) in [5.74, 6) is 0.346. The fourth-order valence-electron chi connectivity index (χ4n) is 2.94. The number of nitrogens with one attached hydrogen (secondary N) is 2. The minimum atomic E-state index is -0.248. The molecule has 0 spiro atoms. The fourth-order valence-corrected chi connectivity index (χ4v) is 2.94. The minimum absolute atomic E-state index is 0. The van der Waals surface area contributed by atoms with Gasteiger partial charge in [0, 0.05) is 38.3 Å². The predicted octanol–water partition coefficient (Wildman–Crippen LogP) is 2.33. The first kappa shape index (κ1) is 24.0. The first-order chi connectivity index (χ1) is 13.0. The van der Waals surface area contributed by atoms with Crippen LogP contribution >= 0.6 is 24.0 Å². The van der Waals surface area contributed by atoms with Crippen LogP contribution in [-0.4, -0.2) is 55.1 Å². The molecule has 1 aromatic rings. The molecule has 1 heterocycles. The van der Waals surface area contributed by atoms with Gasteiger partial charge < -0.3 is 26.0 Å². The van der Waals surface area contributed by atoms with Crippen molar-refractivity contribution in [3.63, 3.8) is 0 Å². The smallest absolute Gasteiger partial charge is 0.409 e. The Bertz CT molecular complexity index is 658. The van der Waals surface area contributed by atoms with E-state index in [1.54, 1.807) is 11.8 Å². The van der Waals surface area contributed by atoms with E-state index in [0.29, 0.717) is 32.2 Å². The SMILES string of the molecule is CCOC(=O)N1CCC(NC(N)=NCCc2ccc(NC(C)=O)cc2)CC1.I. The summed E-state index contributed by atoms with van der Waals surface area (Å²) in [4.78, 5) is 28.8. The molecule has 4 N–H and O–H groups in total. The van der Waals surface area contributed by atoms with E-state index in [1.807, 2.05) is 24.3 Å². The molecule has 2 rings (SSSR count). The Morgan fingerprint density at radius 2 is 1.89 bits per heavy atom. The number of nitrogens with zero attached hydrogens (tertiary/aromatic N) is 2. The molecule has 0 aliphatic carbocycles. The van der Waals surface area contributed by atoms with Crippen molar-refractivity contribution >= 4 is 47.6 Å². The van der Waals surface area contributed by atoms with Crippen LogP contribution in [0.5, 0.6) is 0 Å². The van der Waals surface area contributed by atoms with Gasteiger partial charge in [-0.15, -0.1) is 24.0 Å². The summed E-state index contributed by atoms with van der Waals surface area (Å²) in [5.41, 5.74) is 7.89. The van der Waals surface area contributed by atoms with Crippen LogP contribution < -0.4 is 16.4 Å². The van der Waals surface area contributed by atoms with E-state index in [-0.39, 0.29) is 42.0 Å². The quantitative estimate of drug-likeness (QED) is 0.314. The zero-order chi connectivity index (χ0) is 19.6. The van der Waals surface area contributed by atoms with Gasteiger partial charge in [0.2, 0.25) is 5.91 Å². The van der Waals surface area contributed by atoms with E-state index in [0.717, 1.165) is 30.5 Å². The number of aliphatic imine (C=N–C) groups is 1. The van der Waals surface area contributed by atoms with Crippen molar-refractivity contribution in [2.45, 2.75) is 39.2 Å². The molecule has 0 atom stereocenters. The van der Waals surface area contributed by atoms with Crippen LogP contribution in [0.25, 0.3) is 0 Å². The number of hydrogen-bond donors (Lipinski definition) is 3. The van der Waals surface area contributed by atoms with Crippen LogP contribution in [0.3, 0.4) is 0 Å². The average Bonchev–Trinajstić information content (AvgIpc) is 2.63. The lowest BCUT2D eigenvalue weighted by molar-refractivity contribution is -0.114. The molecule has 9 heteroatoms. The maximum Gasteiger partial charge on any atom is 0.409 e. The third-order valence-corrected chi connectivity index (χ3v) is 4.33. The number of benzene rings is 1. The molecule has 0 aromatic heterocycles. The number of ether oxygens (including phenoxy) is 1. The van der Waals surface area contributed by atoms with Gasteiger partial charge in [-0.25, -0.2) is 4.79 Å². The normalized spacial score (nSPS) is 14.8. The molecule has 0 radical (unpaired) electrons. The zero-order valence-electron chi connectivity index (χ0n) is 16.4. The van der Waals surface area contributed by atoms with Crippen LogP contribution in [0.4, 0.5) is 10.5 Å². The Morgan fingerprint density at radius 3 is 2.46 bits per heavy atom. The van der Waals surface area contributed by atoms with Gasteiger partial charge in [-0.2, -0.15) is 0 Å². The van der Waals surface area contributed by atoms with Crippen molar-refractivity contribution in [3.8, 4) is 0 Å². The fraction of sp³-hybridized carbons (Fsp3) is 0.526. The summed E-state index contributed by atoms with van der Waals surface area (Å²) in [7, 11) is 0. The molecule has 8 nitrogen and oxygen atoms in total. The first-order valence-corrected chi connectivity index (χ1v) is 9.32. The second-order valence-corrected chi connectivity index (χ2v) is 6.50. The Kier molecular flexibility index (Phi) is 10.6. The Balaban J connectivity index is 0.00000392. The third-order valence-electron chi connectivity index (χ3n) is 4.33. The highest BCUT2D eigenvalue weighted by Crippen LogP contribution is 2.12. The number of likely N-dealkylation sites (tertiary alicyclic amines) is 1. The monoisotopic (exact) mass is 503 g/mol. The number of halogens is 1. The van der Waals surface area contributed by atoms with E-state index < -0.39 is 0 Å². The number of amides is 2. The van der Waals surface area contributed by atoms with Crippen molar-refractivity contribution in [1.29, 1.82) is 0 Å². The minimum Gasteiger partial charge on any atom is -0.450 e. The predicted molar refractivity (Wildman–Crippen MR) is 121 cm³/mol. The van der Waals surface area contributed by atoms with Gasteiger partial charge in [0.25, 0.3) is 0 Å². The lowest BCUT2D eigenvalue weighted by Crippen LogP contribution is -2.48. The van der Waals surface area contributed by atoms with Crippen molar-refractivity contribution < 1.29 is 14.3 Å². The van der Waals surface area contributed by atoms with Gasteiger partial charge in [0.1, 0.15) is 0 Å². The topological polar surface area (TPSA) is 109 Å². The Hall–Kier alpha value is -2.04. The Labute approximate surface area is 183 Å². The van der Waals surface area contributed by atoms with Crippen molar-refractivity contribution in [2.24, 2.45) is 10.7 Å². The number of rotatable bonds is 6. The summed E-state index contributed by atoms with van der Waals surface area (Å²) in [6, 6.07) is 7.90. The summed E-state index contributed by atoms with van der Waals surface area (Å²) in [5, 5.41) is 5.97. The summed E-state index contributed by atoms with van der Waals surface area (Å²) in [6.07, 6.45) is 2.16. The van der Waals surface area contributed by atoms with Crippen molar-refractivity contribution in [3.05, 3.63) is 29.8 Å². The summed E-state index contributed by atoms with van der Waals surface area (Å²) >= 11 is 0. The molecule has 1 aliphatic heterocycles. The molecule has 28 heavy (non-hydrogen) atoms. The highest BCUT2D eigenvalue weighted by molar-refractivity contribution is 14.0. The molecule has 0 saturated carbocycles. The number of hydrogen-bond acceptors (Lipinski definition) is 4. The standard InChI is InChI=1S/C19H29N5O3.HI/c1-3-27-19(26)24-12-9-17(10-13-24)23-18(20)21-11-8-15-4-6-16(7-5-15)22-14(2)25;/h4-7,17H,3,8-13H2,1-2H3,(H,22,25)(H3,20,21,23);1H. The van der Waals surface area contributed by atoms with E-state index in [9.17, 15) is 9.59 Å². The van der Waals surface area contributed by atoms with Gasteiger partial charge >= 0.3 is 6.09 Å². The van der Waals surface area contributed by atoms with Crippen LogP contribution in [0.2, 0.25) is 0 Å². The van der Waals surface area contributed by atoms with Gasteiger partial charge in [-0.3, -0.25) is 9.79 Å². The maximum atomic E-state index is 11.7. The van der Waals surface area contributed by atoms with Gasteiger partial charge in [-0.1, -0.05) is 12.1 Å². The lowest BCUT2D eigenvalue weighted by Gasteiger charge is -2.31. The highest BCUT2D eigenvalue weighted by Gasteiger charge is 2.23. The number of guanidine groups is 1. The molecular formula is C19H30IN5O3. The number of carbonyl (C=O) groups excluding carboxylic acids is 2. The molecule has 0 unspecified atom stereocenters. The van der Waals surface area contributed by atoms with Gasteiger partial charge in [0.15, 0.2) is 5.96 Å². The summed E-state index contributed by atoms with van der Waals surface area (Å²) < 4.78 is 5.02. The first-order valence-electron chi connectivity index (χ1n) is 9.32. The van der Waals surface area contributed by atoms with E-state index in [4.69, 9.17) is 10.5 Å². The molecule has 1 aromatic carbocycles. The number of piperidine rings is 1. The molecule has 1 saturated heterocycles. The molecule has 1 aliphatic rings.